The summed E-state index contributed by atoms with van der Waals surface area (Å²) < 4.78 is 16.4. The first-order valence-electron chi connectivity index (χ1n) is 8.56. The molecular formula is C20H27NO4. The molecule has 2 rings (SSSR count). The Morgan fingerprint density at radius 1 is 1.36 bits per heavy atom. The number of rotatable bonds is 8. The van der Waals surface area contributed by atoms with Crippen molar-refractivity contribution in [2.75, 3.05) is 20.3 Å². The van der Waals surface area contributed by atoms with E-state index in [0.29, 0.717) is 18.9 Å². The third-order valence-corrected chi connectivity index (χ3v) is 3.93. The standard InChI is InChI=1S/C20H27NO4/c1-13(2)24-8-6-7-21-20(22)9-14(3)16-10-17-15(4)12-25-19(17)11-18(16)23-5/h9-13H,6-8H2,1-5H3,(H,21,22)/b14-9+. The summed E-state index contributed by atoms with van der Waals surface area (Å²) in [6.07, 6.45) is 4.33. The SMILES string of the molecule is COc1cc2occ(C)c2cc1/C(C)=C/C(=O)NCCCOC(C)C. The Hall–Kier alpha value is -2.27. The van der Waals surface area contributed by atoms with Gasteiger partial charge in [-0.3, -0.25) is 4.79 Å². The van der Waals surface area contributed by atoms with Gasteiger partial charge in [0.05, 0.1) is 19.5 Å². The molecule has 1 aromatic heterocycles. The van der Waals surface area contributed by atoms with Crippen LogP contribution in [-0.4, -0.2) is 32.3 Å². The van der Waals surface area contributed by atoms with Crippen LogP contribution < -0.4 is 10.1 Å². The number of carbonyl (C=O) groups excluding carboxylic acids is 1. The van der Waals surface area contributed by atoms with Gasteiger partial charge >= 0.3 is 0 Å². The lowest BCUT2D eigenvalue weighted by Crippen LogP contribution is -2.23. The van der Waals surface area contributed by atoms with Gasteiger partial charge in [0.2, 0.25) is 5.91 Å². The van der Waals surface area contributed by atoms with E-state index in [1.165, 1.54) is 0 Å². The summed E-state index contributed by atoms with van der Waals surface area (Å²) >= 11 is 0. The van der Waals surface area contributed by atoms with Gasteiger partial charge in [0.25, 0.3) is 0 Å². The van der Waals surface area contributed by atoms with Gasteiger partial charge < -0.3 is 19.2 Å². The quantitative estimate of drug-likeness (QED) is 0.578. The molecule has 0 spiro atoms. The lowest BCUT2D eigenvalue weighted by Gasteiger charge is -2.10. The maximum atomic E-state index is 12.1. The van der Waals surface area contributed by atoms with Crippen LogP contribution in [0.25, 0.3) is 16.5 Å². The van der Waals surface area contributed by atoms with Crippen molar-refractivity contribution in [1.82, 2.24) is 5.32 Å². The zero-order valence-electron chi connectivity index (χ0n) is 15.6. The first-order valence-corrected chi connectivity index (χ1v) is 8.56. The zero-order chi connectivity index (χ0) is 18.4. The Bertz CT molecular complexity index is 758. The monoisotopic (exact) mass is 345 g/mol. The Balaban J connectivity index is 2.06. The number of nitrogens with one attached hydrogen (secondary N) is 1. The van der Waals surface area contributed by atoms with Crippen LogP contribution in [0, 0.1) is 6.92 Å². The molecule has 1 aromatic carbocycles. The van der Waals surface area contributed by atoms with Crippen molar-refractivity contribution in [2.45, 2.75) is 40.2 Å². The lowest BCUT2D eigenvalue weighted by atomic mass is 10.0. The number of furan rings is 1. The summed E-state index contributed by atoms with van der Waals surface area (Å²) in [4.78, 5) is 12.1. The fraction of sp³-hybridized carbons (Fsp3) is 0.450. The summed E-state index contributed by atoms with van der Waals surface area (Å²) in [5, 5.41) is 3.91. The largest absolute Gasteiger partial charge is 0.496 e. The van der Waals surface area contributed by atoms with E-state index in [1.54, 1.807) is 19.4 Å². The molecule has 0 aliphatic heterocycles. The molecular weight excluding hydrogens is 318 g/mol. The second-order valence-electron chi connectivity index (χ2n) is 6.36. The van der Waals surface area contributed by atoms with E-state index in [-0.39, 0.29) is 12.0 Å². The number of methoxy groups -OCH3 is 1. The number of hydrogen-bond donors (Lipinski definition) is 1. The lowest BCUT2D eigenvalue weighted by molar-refractivity contribution is -0.116. The van der Waals surface area contributed by atoms with Crippen molar-refractivity contribution in [1.29, 1.82) is 0 Å². The molecule has 1 heterocycles. The number of carbonyl (C=O) groups is 1. The minimum atomic E-state index is -0.117. The van der Waals surface area contributed by atoms with Crippen molar-refractivity contribution in [3.8, 4) is 5.75 Å². The summed E-state index contributed by atoms with van der Waals surface area (Å²) in [5.41, 5.74) is 3.56. The van der Waals surface area contributed by atoms with Gasteiger partial charge in [-0.1, -0.05) is 0 Å². The summed E-state index contributed by atoms with van der Waals surface area (Å²) in [6.45, 7) is 9.12. The Morgan fingerprint density at radius 2 is 2.12 bits per heavy atom. The molecule has 0 saturated carbocycles. The molecule has 0 unspecified atom stereocenters. The van der Waals surface area contributed by atoms with Crippen molar-refractivity contribution in [3.05, 3.63) is 35.6 Å². The van der Waals surface area contributed by atoms with Crippen molar-refractivity contribution < 1.29 is 18.7 Å². The summed E-state index contributed by atoms with van der Waals surface area (Å²) in [6, 6.07) is 3.86. The van der Waals surface area contributed by atoms with E-state index in [4.69, 9.17) is 13.9 Å². The van der Waals surface area contributed by atoms with Gasteiger partial charge in [-0.25, -0.2) is 0 Å². The molecule has 1 N–H and O–H groups in total. The Labute approximate surface area is 149 Å². The molecule has 0 fully saturated rings. The maximum absolute atomic E-state index is 12.1. The highest BCUT2D eigenvalue weighted by molar-refractivity contribution is 5.97. The number of allylic oxidation sites excluding steroid dienone is 1. The van der Waals surface area contributed by atoms with Crippen LogP contribution in [-0.2, 0) is 9.53 Å². The molecule has 0 saturated heterocycles. The van der Waals surface area contributed by atoms with Crippen LogP contribution in [0.5, 0.6) is 5.75 Å². The third kappa shape index (κ3) is 5.10. The van der Waals surface area contributed by atoms with Gasteiger partial charge in [-0.2, -0.15) is 0 Å². The smallest absolute Gasteiger partial charge is 0.244 e. The molecule has 0 bridgehead atoms. The molecule has 0 radical (unpaired) electrons. The number of ether oxygens (including phenoxy) is 2. The predicted molar refractivity (Wildman–Crippen MR) is 99.9 cm³/mol. The highest BCUT2D eigenvalue weighted by Gasteiger charge is 2.12. The minimum absolute atomic E-state index is 0.117. The fourth-order valence-electron chi connectivity index (χ4n) is 2.59. The number of hydrogen-bond acceptors (Lipinski definition) is 4. The average molecular weight is 345 g/mol. The number of benzene rings is 1. The van der Waals surface area contributed by atoms with Crippen LogP contribution >= 0.6 is 0 Å². The van der Waals surface area contributed by atoms with Gasteiger partial charge in [0.15, 0.2) is 0 Å². The van der Waals surface area contributed by atoms with E-state index in [0.717, 1.165) is 34.1 Å². The Kier molecular flexibility index (Phi) is 6.65. The van der Waals surface area contributed by atoms with E-state index in [1.807, 2.05) is 39.8 Å². The van der Waals surface area contributed by atoms with E-state index in [9.17, 15) is 4.79 Å². The van der Waals surface area contributed by atoms with Crippen molar-refractivity contribution in [2.24, 2.45) is 0 Å². The second kappa shape index (κ2) is 8.72. The van der Waals surface area contributed by atoms with Gasteiger partial charge in [-0.05, 0) is 51.3 Å². The Morgan fingerprint density at radius 3 is 2.80 bits per heavy atom. The summed E-state index contributed by atoms with van der Waals surface area (Å²) in [5.74, 6) is 0.571. The second-order valence-corrected chi connectivity index (χ2v) is 6.36. The predicted octanol–water partition coefficient (Wildman–Crippen LogP) is 4.08. The van der Waals surface area contributed by atoms with Crippen LogP contribution in [0.3, 0.4) is 0 Å². The zero-order valence-corrected chi connectivity index (χ0v) is 15.6. The van der Waals surface area contributed by atoms with Crippen LogP contribution in [0.4, 0.5) is 0 Å². The highest BCUT2D eigenvalue weighted by atomic mass is 16.5. The van der Waals surface area contributed by atoms with Gasteiger partial charge in [0, 0.05) is 36.2 Å². The maximum Gasteiger partial charge on any atom is 0.244 e. The molecule has 5 heteroatoms. The number of aryl methyl sites for hydroxylation is 1. The van der Waals surface area contributed by atoms with E-state index >= 15 is 0 Å². The molecule has 0 atom stereocenters. The molecule has 2 aromatic rings. The van der Waals surface area contributed by atoms with Gasteiger partial charge in [-0.15, -0.1) is 0 Å². The van der Waals surface area contributed by atoms with Crippen molar-refractivity contribution in [3.63, 3.8) is 0 Å². The van der Waals surface area contributed by atoms with E-state index in [2.05, 4.69) is 5.32 Å². The van der Waals surface area contributed by atoms with Crippen LogP contribution in [0.15, 0.2) is 28.9 Å². The molecule has 5 nitrogen and oxygen atoms in total. The molecule has 136 valence electrons. The normalized spacial score (nSPS) is 12.0. The van der Waals surface area contributed by atoms with Gasteiger partial charge in [0.1, 0.15) is 11.3 Å². The number of amides is 1. The van der Waals surface area contributed by atoms with Crippen LogP contribution in [0.2, 0.25) is 0 Å². The van der Waals surface area contributed by atoms with Crippen LogP contribution in [0.1, 0.15) is 38.3 Å². The van der Waals surface area contributed by atoms with Crippen molar-refractivity contribution >= 4 is 22.4 Å². The number of fused-ring (bicyclic) bond motifs is 1. The molecule has 0 aliphatic rings. The molecule has 25 heavy (non-hydrogen) atoms. The summed E-state index contributed by atoms with van der Waals surface area (Å²) in [7, 11) is 1.61. The first kappa shape index (κ1) is 19.1. The average Bonchev–Trinajstić information content (AvgIpc) is 2.93. The first-order chi connectivity index (χ1) is 11.9. The molecule has 1 amide bonds. The molecule has 0 aliphatic carbocycles. The fourth-order valence-corrected chi connectivity index (χ4v) is 2.59. The third-order valence-electron chi connectivity index (χ3n) is 3.93. The minimum Gasteiger partial charge on any atom is -0.496 e. The van der Waals surface area contributed by atoms with E-state index < -0.39 is 0 Å². The highest BCUT2D eigenvalue weighted by Crippen LogP contribution is 2.33. The topological polar surface area (TPSA) is 60.7 Å².